The Morgan fingerprint density at radius 1 is 1.28 bits per heavy atom. The maximum atomic E-state index is 13.0. The zero-order valence-electron chi connectivity index (χ0n) is 14.7. The van der Waals surface area contributed by atoms with Crippen LogP contribution in [0.25, 0.3) is 0 Å². The van der Waals surface area contributed by atoms with Crippen LogP contribution in [-0.2, 0) is 11.3 Å². The molecule has 1 aromatic carbocycles. The van der Waals surface area contributed by atoms with Crippen molar-refractivity contribution in [3.63, 3.8) is 0 Å². The second-order valence-corrected chi connectivity index (χ2v) is 6.89. The molecule has 2 aromatic rings. The lowest BCUT2D eigenvalue weighted by Gasteiger charge is -2.21. The molecule has 4 nitrogen and oxygen atoms in total. The molecule has 0 aliphatic heterocycles. The summed E-state index contributed by atoms with van der Waals surface area (Å²) in [4.78, 5) is 19.0. The third kappa shape index (κ3) is 5.10. The summed E-state index contributed by atoms with van der Waals surface area (Å²) >= 11 is 0. The number of nitrogens with one attached hydrogen (secondary N) is 1. The van der Waals surface area contributed by atoms with Crippen LogP contribution in [0.1, 0.15) is 35.8 Å². The summed E-state index contributed by atoms with van der Waals surface area (Å²) < 4.78 is 13.0. The van der Waals surface area contributed by atoms with Crippen molar-refractivity contribution in [3.05, 3.63) is 65.2 Å². The van der Waals surface area contributed by atoms with Crippen LogP contribution in [0.15, 0.2) is 42.5 Å². The van der Waals surface area contributed by atoms with Crippen molar-refractivity contribution in [2.75, 3.05) is 13.6 Å². The van der Waals surface area contributed by atoms with Crippen molar-refractivity contribution >= 4 is 5.91 Å². The highest BCUT2D eigenvalue weighted by Crippen LogP contribution is 2.40. The van der Waals surface area contributed by atoms with Crippen LogP contribution in [0, 0.1) is 18.7 Å². The van der Waals surface area contributed by atoms with Crippen LogP contribution in [0.2, 0.25) is 0 Å². The number of amides is 1. The van der Waals surface area contributed by atoms with E-state index in [4.69, 9.17) is 0 Å². The first-order valence-corrected chi connectivity index (χ1v) is 8.67. The third-order valence-corrected chi connectivity index (χ3v) is 4.42. The summed E-state index contributed by atoms with van der Waals surface area (Å²) in [6.07, 6.45) is 2.26. The fourth-order valence-electron chi connectivity index (χ4n) is 3.02. The highest BCUT2D eigenvalue weighted by atomic mass is 19.1. The summed E-state index contributed by atoms with van der Waals surface area (Å²) in [6.45, 7) is 2.86. The monoisotopic (exact) mass is 341 g/mol. The SMILES string of the molecule is Cc1cccc([C@@H](NC(=O)CN(C)Cc2ccc(F)cc2)C2CC2)n1. The number of hydrogen-bond donors (Lipinski definition) is 1. The zero-order valence-corrected chi connectivity index (χ0v) is 14.7. The van der Waals surface area contributed by atoms with E-state index in [0.29, 0.717) is 19.0 Å². The molecule has 0 bridgehead atoms. The number of halogens is 1. The van der Waals surface area contributed by atoms with Gasteiger partial charge in [-0.3, -0.25) is 14.7 Å². The van der Waals surface area contributed by atoms with E-state index in [1.807, 2.05) is 37.1 Å². The smallest absolute Gasteiger partial charge is 0.234 e. The Labute approximate surface area is 148 Å². The minimum atomic E-state index is -0.248. The molecule has 132 valence electrons. The molecule has 25 heavy (non-hydrogen) atoms. The van der Waals surface area contributed by atoms with Crippen LogP contribution < -0.4 is 5.32 Å². The number of pyridine rings is 1. The molecule has 1 saturated carbocycles. The summed E-state index contributed by atoms with van der Waals surface area (Å²) in [5.74, 6) is 0.229. The molecule has 1 aromatic heterocycles. The molecular formula is C20H24FN3O. The van der Waals surface area contributed by atoms with Crippen LogP contribution in [0.4, 0.5) is 4.39 Å². The van der Waals surface area contributed by atoms with Gasteiger partial charge in [-0.15, -0.1) is 0 Å². The Hall–Kier alpha value is -2.27. The van der Waals surface area contributed by atoms with Gasteiger partial charge in [-0.05, 0) is 62.6 Å². The maximum Gasteiger partial charge on any atom is 0.234 e. The van der Waals surface area contributed by atoms with Gasteiger partial charge in [-0.1, -0.05) is 18.2 Å². The van der Waals surface area contributed by atoms with Gasteiger partial charge in [0.1, 0.15) is 5.82 Å². The second-order valence-electron chi connectivity index (χ2n) is 6.89. The van der Waals surface area contributed by atoms with E-state index in [-0.39, 0.29) is 17.8 Å². The number of benzene rings is 1. The number of likely N-dealkylation sites (N-methyl/N-ethyl adjacent to an activating group) is 1. The summed E-state index contributed by atoms with van der Waals surface area (Å²) in [5.41, 5.74) is 2.89. The first-order chi connectivity index (χ1) is 12.0. The first-order valence-electron chi connectivity index (χ1n) is 8.67. The summed E-state index contributed by atoms with van der Waals surface area (Å²) in [6, 6.07) is 12.3. The number of nitrogens with zero attached hydrogens (tertiary/aromatic N) is 2. The van der Waals surface area contributed by atoms with Gasteiger partial charge in [0.15, 0.2) is 0 Å². The minimum Gasteiger partial charge on any atom is -0.346 e. The topological polar surface area (TPSA) is 45.2 Å². The lowest BCUT2D eigenvalue weighted by molar-refractivity contribution is -0.123. The highest BCUT2D eigenvalue weighted by molar-refractivity contribution is 5.78. The average Bonchev–Trinajstić information content (AvgIpc) is 3.39. The number of carbonyl (C=O) groups is 1. The normalized spacial score (nSPS) is 15.2. The highest BCUT2D eigenvalue weighted by Gasteiger charge is 2.34. The molecule has 1 fully saturated rings. The van der Waals surface area contributed by atoms with E-state index in [1.54, 1.807) is 12.1 Å². The fraction of sp³-hybridized carbons (Fsp3) is 0.400. The van der Waals surface area contributed by atoms with Crippen molar-refractivity contribution < 1.29 is 9.18 Å². The van der Waals surface area contributed by atoms with Crippen LogP contribution in [-0.4, -0.2) is 29.4 Å². The molecule has 0 spiro atoms. The molecule has 1 amide bonds. The van der Waals surface area contributed by atoms with E-state index < -0.39 is 0 Å². The van der Waals surface area contributed by atoms with Crippen molar-refractivity contribution in [1.29, 1.82) is 0 Å². The second kappa shape index (κ2) is 7.74. The molecule has 1 atom stereocenters. The van der Waals surface area contributed by atoms with Gasteiger partial charge in [0.25, 0.3) is 0 Å². The molecule has 1 aliphatic rings. The van der Waals surface area contributed by atoms with E-state index in [1.165, 1.54) is 12.1 Å². The molecule has 1 aliphatic carbocycles. The van der Waals surface area contributed by atoms with Crippen LogP contribution >= 0.6 is 0 Å². The third-order valence-electron chi connectivity index (χ3n) is 4.42. The average molecular weight is 341 g/mol. The van der Waals surface area contributed by atoms with E-state index in [9.17, 15) is 9.18 Å². The summed E-state index contributed by atoms with van der Waals surface area (Å²) in [5, 5.41) is 3.15. The molecule has 3 rings (SSSR count). The van der Waals surface area contributed by atoms with Crippen molar-refractivity contribution in [1.82, 2.24) is 15.2 Å². The van der Waals surface area contributed by atoms with Gasteiger partial charge in [-0.2, -0.15) is 0 Å². The predicted octanol–water partition coefficient (Wildman–Crippen LogP) is 3.23. The molecule has 0 unspecified atom stereocenters. The van der Waals surface area contributed by atoms with Gasteiger partial charge in [0.2, 0.25) is 5.91 Å². The van der Waals surface area contributed by atoms with E-state index >= 15 is 0 Å². The molecule has 0 saturated heterocycles. The van der Waals surface area contributed by atoms with E-state index in [2.05, 4.69) is 10.3 Å². The van der Waals surface area contributed by atoms with Crippen molar-refractivity contribution in [3.8, 4) is 0 Å². The Morgan fingerprint density at radius 3 is 2.64 bits per heavy atom. The molecule has 1 heterocycles. The van der Waals surface area contributed by atoms with E-state index in [0.717, 1.165) is 29.8 Å². The Kier molecular flexibility index (Phi) is 5.43. The first kappa shape index (κ1) is 17.5. The molecule has 1 N–H and O–H groups in total. The zero-order chi connectivity index (χ0) is 17.8. The van der Waals surface area contributed by atoms with Crippen LogP contribution in [0.3, 0.4) is 0 Å². The van der Waals surface area contributed by atoms with Crippen molar-refractivity contribution in [2.45, 2.75) is 32.4 Å². The number of carbonyl (C=O) groups excluding carboxylic acids is 1. The minimum absolute atomic E-state index is 0.00776. The van der Waals surface area contributed by atoms with Gasteiger partial charge < -0.3 is 5.32 Å². The number of rotatable bonds is 7. The molecular weight excluding hydrogens is 317 g/mol. The quantitative estimate of drug-likeness (QED) is 0.841. The summed E-state index contributed by atoms with van der Waals surface area (Å²) in [7, 11) is 1.89. The Balaban J connectivity index is 1.57. The van der Waals surface area contributed by atoms with Crippen LogP contribution in [0.5, 0.6) is 0 Å². The Morgan fingerprint density at radius 2 is 2.00 bits per heavy atom. The number of aromatic nitrogens is 1. The molecule has 5 heteroatoms. The number of aryl methyl sites for hydroxylation is 1. The fourth-order valence-corrected chi connectivity index (χ4v) is 3.02. The molecule has 0 radical (unpaired) electrons. The lowest BCUT2D eigenvalue weighted by Crippen LogP contribution is -2.38. The standard InChI is InChI=1S/C20H24FN3O/c1-14-4-3-5-18(22-14)20(16-8-9-16)23-19(25)13-24(2)12-15-6-10-17(21)11-7-15/h3-7,10-11,16,20H,8-9,12-13H2,1-2H3,(H,23,25)/t20-/m0/s1. The largest absolute Gasteiger partial charge is 0.346 e. The lowest BCUT2D eigenvalue weighted by atomic mass is 10.1. The van der Waals surface area contributed by atoms with Gasteiger partial charge in [-0.25, -0.2) is 4.39 Å². The van der Waals surface area contributed by atoms with Gasteiger partial charge >= 0.3 is 0 Å². The maximum absolute atomic E-state index is 13.0. The van der Waals surface area contributed by atoms with Crippen molar-refractivity contribution in [2.24, 2.45) is 5.92 Å². The number of hydrogen-bond acceptors (Lipinski definition) is 3. The predicted molar refractivity (Wildman–Crippen MR) is 95.3 cm³/mol. The van der Waals surface area contributed by atoms with Gasteiger partial charge in [0, 0.05) is 12.2 Å². The Bertz CT molecular complexity index is 728. The van der Waals surface area contributed by atoms with Gasteiger partial charge in [0.05, 0.1) is 18.3 Å².